The van der Waals surface area contributed by atoms with E-state index in [9.17, 15) is 13.9 Å². The molecule has 0 spiro atoms. The van der Waals surface area contributed by atoms with Gasteiger partial charge in [-0.25, -0.2) is 8.78 Å². The Morgan fingerprint density at radius 3 is 2.54 bits per heavy atom. The van der Waals surface area contributed by atoms with E-state index in [-0.39, 0.29) is 11.3 Å². The summed E-state index contributed by atoms with van der Waals surface area (Å²) >= 11 is 0. The Morgan fingerprint density at radius 2 is 1.92 bits per heavy atom. The molecule has 1 aromatic rings. The summed E-state index contributed by atoms with van der Waals surface area (Å²) in [6.45, 7) is 1.56. The molecule has 0 amide bonds. The second-order valence-electron chi connectivity index (χ2n) is 3.04. The van der Waals surface area contributed by atoms with Crippen LogP contribution in [-0.4, -0.2) is 11.2 Å². The SMILES string of the molecule is CC1Oc2c(F)ccc(F)c2C1O. The van der Waals surface area contributed by atoms with Gasteiger partial charge in [-0.3, -0.25) is 0 Å². The van der Waals surface area contributed by atoms with E-state index in [1.165, 1.54) is 0 Å². The molecule has 0 aliphatic carbocycles. The van der Waals surface area contributed by atoms with Gasteiger partial charge in [-0.1, -0.05) is 0 Å². The lowest BCUT2D eigenvalue weighted by atomic mass is 10.1. The highest BCUT2D eigenvalue weighted by Crippen LogP contribution is 2.39. The van der Waals surface area contributed by atoms with Crippen LogP contribution in [0.3, 0.4) is 0 Å². The number of hydrogen-bond acceptors (Lipinski definition) is 2. The van der Waals surface area contributed by atoms with Crippen LogP contribution in [0.1, 0.15) is 18.6 Å². The first-order chi connectivity index (χ1) is 6.11. The van der Waals surface area contributed by atoms with E-state index in [0.29, 0.717) is 0 Å². The summed E-state index contributed by atoms with van der Waals surface area (Å²) in [6.07, 6.45) is -1.67. The summed E-state index contributed by atoms with van der Waals surface area (Å²) in [4.78, 5) is 0. The van der Waals surface area contributed by atoms with Crippen LogP contribution >= 0.6 is 0 Å². The predicted octanol–water partition coefficient (Wildman–Crippen LogP) is 1.78. The van der Waals surface area contributed by atoms with Crippen molar-refractivity contribution in [3.8, 4) is 5.75 Å². The molecule has 0 saturated carbocycles. The van der Waals surface area contributed by atoms with E-state index in [1.807, 2.05) is 0 Å². The van der Waals surface area contributed by atoms with Crippen LogP contribution in [0.25, 0.3) is 0 Å². The van der Waals surface area contributed by atoms with E-state index in [1.54, 1.807) is 6.92 Å². The maximum atomic E-state index is 13.1. The molecule has 13 heavy (non-hydrogen) atoms. The highest BCUT2D eigenvalue weighted by Gasteiger charge is 2.34. The van der Waals surface area contributed by atoms with Gasteiger partial charge >= 0.3 is 0 Å². The fourth-order valence-electron chi connectivity index (χ4n) is 1.43. The normalized spacial score (nSPS) is 25.5. The average molecular weight is 186 g/mol. The van der Waals surface area contributed by atoms with Crippen molar-refractivity contribution in [1.82, 2.24) is 0 Å². The number of aliphatic hydroxyl groups excluding tert-OH is 1. The maximum Gasteiger partial charge on any atom is 0.165 e. The van der Waals surface area contributed by atoms with Gasteiger partial charge in [-0.05, 0) is 19.1 Å². The maximum absolute atomic E-state index is 13.1. The molecule has 2 nitrogen and oxygen atoms in total. The van der Waals surface area contributed by atoms with Gasteiger partial charge in [0.25, 0.3) is 0 Å². The number of ether oxygens (including phenoxy) is 1. The van der Waals surface area contributed by atoms with Crippen molar-refractivity contribution in [3.63, 3.8) is 0 Å². The molecule has 1 aliphatic heterocycles. The van der Waals surface area contributed by atoms with Gasteiger partial charge < -0.3 is 9.84 Å². The van der Waals surface area contributed by atoms with Crippen molar-refractivity contribution < 1.29 is 18.6 Å². The number of fused-ring (bicyclic) bond motifs is 1. The molecule has 2 atom stereocenters. The number of aliphatic hydroxyl groups is 1. The van der Waals surface area contributed by atoms with Gasteiger partial charge in [0.2, 0.25) is 0 Å². The summed E-state index contributed by atoms with van der Waals surface area (Å²) in [5, 5.41) is 9.42. The third-order valence-electron chi connectivity index (χ3n) is 2.14. The fourth-order valence-corrected chi connectivity index (χ4v) is 1.43. The van der Waals surface area contributed by atoms with E-state index in [0.717, 1.165) is 12.1 Å². The minimum absolute atomic E-state index is 0.0764. The summed E-state index contributed by atoms with van der Waals surface area (Å²) < 4.78 is 31.1. The topological polar surface area (TPSA) is 29.5 Å². The molecular weight excluding hydrogens is 178 g/mol. The van der Waals surface area contributed by atoms with Crippen molar-refractivity contribution in [1.29, 1.82) is 0 Å². The molecular formula is C9H8F2O2. The number of benzene rings is 1. The Hall–Kier alpha value is -1.16. The molecule has 4 heteroatoms. The lowest BCUT2D eigenvalue weighted by Crippen LogP contribution is -2.13. The van der Waals surface area contributed by atoms with E-state index < -0.39 is 23.8 Å². The van der Waals surface area contributed by atoms with E-state index >= 15 is 0 Å². The zero-order chi connectivity index (χ0) is 9.59. The Balaban J connectivity index is 2.61. The molecule has 1 aromatic carbocycles. The lowest BCUT2D eigenvalue weighted by molar-refractivity contribution is 0.0769. The van der Waals surface area contributed by atoms with Crippen LogP contribution < -0.4 is 4.74 Å². The van der Waals surface area contributed by atoms with Crippen LogP contribution in [-0.2, 0) is 0 Å². The van der Waals surface area contributed by atoms with Crippen LogP contribution in [0, 0.1) is 11.6 Å². The molecule has 2 rings (SSSR count). The van der Waals surface area contributed by atoms with Crippen molar-refractivity contribution in [2.24, 2.45) is 0 Å². The molecule has 0 saturated heterocycles. The standard InChI is InChI=1S/C9H8F2O2/c1-4-8(12)7-5(10)2-3-6(11)9(7)13-4/h2-4,8,12H,1H3. The molecule has 0 radical (unpaired) electrons. The molecule has 0 bridgehead atoms. The van der Waals surface area contributed by atoms with Crippen molar-refractivity contribution >= 4 is 0 Å². The van der Waals surface area contributed by atoms with Gasteiger partial charge in [-0.2, -0.15) is 0 Å². The third-order valence-corrected chi connectivity index (χ3v) is 2.14. The van der Waals surface area contributed by atoms with E-state index in [2.05, 4.69) is 0 Å². The summed E-state index contributed by atoms with van der Waals surface area (Å²) in [6, 6.07) is 1.97. The fraction of sp³-hybridized carbons (Fsp3) is 0.333. The van der Waals surface area contributed by atoms with E-state index in [4.69, 9.17) is 4.74 Å². The van der Waals surface area contributed by atoms with Gasteiger partial charge in [0.05, 0.1) is 5.56 Å². The monoisotopic (exact) mass is 186 g/mol. The van der Waals surface area contributed by atoms with Crippen LogP contribution in [0.4, 0.5) is 8.78 Å². The second kappa shape index (κ2) is 2.67. The van der Waals surface area contributed by atoms with Crippen molar-refractivity contribution in [2.45, 2.75) is 19.1 Å². The Kier molecular flexibility index (Phi) is 1.73. The molecule has 1 aliphatic rings. The average Bonchev–Trinajstić information content (AvgIpc) is 2.38. The Bertz CT molecular complexity index is 352. The third kappa shape index (κ3) is 1.09. The second-order valence-corrected chi connectivity index (χ2v) is 3.04. The highest BCUT2D eigenvalue weighted by molar-refractivity contribution is 5.41. The molecule has 1 N–H and O–H groups in total. The molecule has 0 aromatic heterocycles. The number of rotatable bonds is 0. The lowest BCUT2D eigenvalue weighted by Gasteiger charge is -2.06. The molecule has 2 unspecified atom stereocenters. The van der Waals surface area contributed by atoms with Crippen LogP contribution in [0.15, 0.2) is 12.1 Å². The van der Waals surface area contributed by atoms with Crippen molar-refractivity contribution in [2.75, 3.05) is 0 Å². The smallest absolute Gasteiger partial charge is 0.165 e. The first-order valence-corrected chi connectivity index (χ1v) is 3.94. The molecule has 1 heterocycles. The zero-order valence-corrected chi connectivity index (χ0v) is 6.92. The van der Waals surface area contributed by atoms with Crippen molar-refractivity contribution in [3.05, 3.63) is 29.3 Å². The number of hydrogen-bond donors (Lipinski definition) is 1. The van der Waals surface area contributed by atoms with Gasteiger partial charge in [0.15, 0.2) is 11.6 Å². The number of halogens is 2. The highest BCUT2D eigenvalue weighted by atomic mass is 19.1. The molecule has 70 valence electrons. The predicted molar refractivity (Wildman–Crippen MR) is 41.4 cm³/mol. The first-order valence-electron chi connectivity index (χ1n) is 3.94. The minimum atomic E-state index is -1.08. The summed E-state index contributed by atoms with van der Waals surface area (Å²) in [5.74, 6) is -1.44. The van der Waals surface area contributed by atoms with Gasteiger partial charge in [0, 0.05) is 0 Å². The quantitative estimate of drug-likeness (QED) is 0.669. The van der Waals surface area contributed by atoms with Gasteiger partial charge in [-0.15, -0.1) is 0 Å². The van der Waals surface area contributed by atoms with Gasteiger partial charge in [0.1, 0.15) is 18.0 Å². The molecule has 0 fully saturated rings. The largest absolute Gasteiger partial charge is 0.484 e. The van der Waals surface area contributed by atoms with Crippen LogP contribution in [0.5, 0.6) is 5.75 Å². The Morgan fingerprint density at radius 1 is 1.31 bits per heavy atom. The first kappa shape index (κ1) is 8.44. The zero-order valence-electron chi connectivity index (χ0n) is 6.92. The Labute approximate surface area is 73.8 Å². The van der Waals surface area contributed by atoms with Crippen LogP contribution in [0.2, 0.25) is 0 Å². The summed E-state index contributed by atoms with van der Waals surface area (Å²) in [5.41, 5.74) is -0.0764. The summed E-state index contributed by atoms with van der Waals surface area (Å²) in [7, 11) is 0. The minimum Gasteiger partial charge on any atom is -0.484 e.